The quantitative estimate of drug-likeness (QED) is 0.478. The number of rotatable bonds is 6. The molecular formula is C18H15N5O5S. The number of anilines is 1. The zero-order valence-corrected chi connectivity index (χ0v) is 16.2. The van der Waals surface area contributed by atoms with Gasteiger partial charge in [0.15, 0.2) is 0 Å². The van der Waals surface area contributed by atoms with Crippen molar-refractivity contribution in [1.82, 2.24) is 9.78 Å². The van der Waals surface area contributed by atoms with Gasteiger partial charge in [0.25, 0.3) is 11.6 Å². The van der Waals surface area contributed by atoms with E-state index in [0.29, 0.717) is 4.90 Å². The molecule has 1 heterocycles. The van der Waals surface area contributed by atoms with Crippen molar-refractivity contribution >= 4 is 34.7 Å². The Balaban J connectivity index is 1.92. The number of amides is 1. The monoisotopic (exact) mass is 413 g/mol. The van der Waals surface area contributed by atoms with Crippen molar-refractivity contribution in [2.45, 2.75) is 16.7 Å². The van der Waals surface area contributed by atoms with E-state index in [4.69, 9.17) is 0 Å². The maximum absolute atomic E-state index is 12.6. The molecule has 10 nitrogen and oxygen atoms in total. The van der Waals surface area contributed by atoms with Crippen LogP contribution >= 0.6 is 11.8 Å². The highest BCUT2D eigenvalue weighted by molar-refractivity contribution is 7.99. The Kier molecular flexibility index (Phi) is 5.59. The van der Waals surface area contributed by atoms with Gasteiger partial charge in [-0.3, -0.25) is 29.7 Å². The second-order valence-electron chi connectivity index (χ2n) is 6.10. The van der Waals surface area contributed by atoms with Gasteiger partial charge in [0.1, 0.15) is 6.20 Å². The summed E-state index contributed by atoms with van der Waals surface area (Å²) in [4.78, 5) is 35.1. The van der Waals surface area contributed by atoms with E-state index in [1.165, 1.54) is 30.9 Å². The average Bonchev–Trinajstić information content (AvgIpc) is 3.05. The highest BCUT2D eigenvalue weighted by Gasteiger charge is 2.26. The Bertz CT molecular complexity index is 1110. The van der Waals surface area contributed by atoms with Gasteiger partial charge >= 0.3 is 5.69 Å². The summed E-state index contributed by atoms with van der Waals surface area (Å²) in [6.07, 6.45) is 0.973. The third kappa shape index (κ3) is 4.58. The third-order valence-corrected chi connectivity index (χ3v) is 4.93. The Morgan fingerprint density at radius 3 is 2.38 bits per heavy atom. The second kappa shape index (κ2) is 8.10. The van der Waals surface area contributed by atoms with Crippen molar-refractivity contribution in [3.63, 3.8) is 0 Å². The van der Waals surface area contributed by atoms with E-state index in [9.17, 15) is 25.0 Å². The fourth-order valence-electron chi connectivity index (χ4n) is 2.58. The summed E-state index contributed by atoms with van der Waals surface area (Å²) in [6.45, 7) is 1.95. The zero-order chi connectivity index (χ0) is 21.1. The summed E-state index contributed by atoms with van der Waals surface area (Å²) in [5.41, 5.74) is 0.310. The predicted molar refractivity (Wildman–Crippen MR) is 106 cm³/mol. The minimum absolute atomic E-state index is 0.148. The van der Waals surface area contributed by atoms with Crippen LogP contribution < -0.4 is 5.32 Å². The van der Waals surface area contributed by atoms with Crippen molar-refractivity contribution in [2.75, 3.05) is 5.32 Å². The number of nitrogens with one attached hydrogen (secondary N) is 1. The molecule has 1 N–H and O–H groups in total. The highest BCUT2D eigenvalue weighted by atomic mass is 32.2. The standard InChI is InChI=1S/C18H15N5O5S/c1-11-3-5-14(6-4-11)29-15-8-12(7-13(9-15)22(25)26)20-18(24)17-16(23(27)28)10-19-21(17)2/h3-10H,1-2H3,(H,20,24). The maximum atomic E-state index is 12.6. The summed E-state index contributed by atoms with van der Waals surface area (Å²) in [5.74, 6) is -0.788. The first-order chi connectivity index (χ1) is 13.7. The first kappa shape index (κ1) is 20.0. The lowest BCUT2D eigenvalue weighted by molar-refractivity contribution is -0.385. The van der Waals surface area contributed by atoms with Crippen molar-refractivity contribution in [2.24, 2.45) is 7.05 Å². The van der Waals surface area contributed by atoms with Gasteiger partial charge in [-0.05, 0) is 25.1 Å². The molecule has 0 radical (unpaired) electrons. The lowest BCUT2D eigenvalue weighted by atomic mass is 10.2. The maximum Gasteiger partial charge on any atom is 0.320 e. The second-order valence-corrected chi connectivity index (χ2v) is 7.25. The van der Waals surface area contributed by atoms with Gasteiger partial charge in [0.05, 0.1) is 9.85 Å². The Morgan fingerprint density at radius 2 is 1.76 bits per heavy atom. The number of hydrogen-bond donors (Lipinski definition) is 1. The van der Waals surface area contributed by atoms with Crippen LogP contribution in [0.4, 0.5) is 17.1 Å². The molecule has 2 aromatic carbocycles. The van der Waals surface area contributed by atoms with Crippen LogP contribution in [-0.4, -0.2) is 25.5 Å². The number of aryl methyl sites for hydroxylation is 2. The lowest BCUT2D eigenvalue weighted by Gasteiger charge is -2.08. The molecule has 0 spiro atoms. The molecule has 29 heavy (non-hydrogen) atoms. The summed E-state index contributed by atoms with van der Waals surface area (Å²) >= 11 is 1.30. The zero-order valence-electron chi connectivity index (χ0n) is 15.4. The normalized spacial score (nSPS) is 10.6. The van der Waals surface area contributed by atoms with E-state index in [1.807, 2.05) is 31.2 Å². The van der Waals surface area contributed by atoms with Crippen LogP contribution in [0.3, 0.4) is 0 Å². The summed E-state index contributed by atoms with van der Waals surface area (Å²) < 4.78 is 1.08. The van der Waals surface area contributed by atoms with Gasteiger partial charge < -0.3 is 5.32 Å². The lowest BCUT2D eigenvalue weighted by Crippen LogP contribution is -2.17. The fourth-order valence-corrected chi connectivity index (χ4v) is 3.49. The van der Waals surface area contributed by atoms with Crippen LogP contribution in [0.2, 0.25) is 0 Å². The molecule has 148 valence electrons. The molecule has 11 heteroatoms. The molecule has 0 saturated heterocycles. The van der Waals surface area contributed by atoms with Crippen molar-refractivity contribution in [3.8, 4) is 0 Å². The van der Waals surface area contributed by atoms with E-state index in [2.05, 4.69) is 10.4 Å². The van der Waals surface area contributed by atoms with Gasteiger partial charge in [0, 0.05) is 34.7 Å². The summed E-state index contributed by atoms with van der Waals surface area (Å²) in [5, 5.41) is 28.6. The van der Waals surface area contributed by atoms with E-state index in [1.54, 1.807) is 6.07 Å². The van der Waals surface area contributed by atoms with Crippen LogP contribution in [0.1, 0.15) is 16.1 Å². The van der Waals surface area contributed by atoms with Crippen LogP contribution in [0.15, 0.2) is 58.5 Å². The molecule has 0 unspecified atom stereocenters. The highest BCUT2D eigenvalue weighted by Crippen LogP contribution is 2.33. The molecule has 3 aromatic rings. The van der Waals surface area contributed by atoms with Gasteiger partial charge in [-0.15, -0.1) is 0 Å². The van der Waals surface area contributed by atoms with Gasteiger partial charge in [-0.25, -0.2) is 0 Å². The molecule has 0 atom stereocenters. The Labute approximate surface area is 168 Å². The molecule has 0 fully saturated rings. The minimum Gasteiger partial charge on any atom is -0.320 e. The predicted octanol–water partition coefficient (Wildman–Crippen LogP) is 3.95. The third-order valence-electron chi connectivity index (χ3n) is 3.95. The van der Waals surface area contributed by atoms with Crippen molar-refractivity contribution < 1.29 is 14.6 Å². The number of nitro groups is 2. The molecule has 0 bridgehead atoms. The van der Waals surface area contributed by atoms with E-state index in [-0.39, 0.29) is 17.1 Å². The molecule has 0 aliphatic rings. The number of carbonyl (C=O) groups excluding carboxylic acids is 1. The summed E-state index contributed by atoms with van der Waals surface area (Å²) in [7, 11) is 1.40. The Hall–Kier alpha value is -3.73. The largest absolute Gasteiger partial charge is 0.320 e. The van der Waals surface area contributed by atoms with Crippen LogP contribution in [0.25, 0.3) is 0 Å². The van der Waals surface area contributed by atoms with Crippen LogP contribution in [-0.2, 0) is 7.05 Å². The number of hydrogen-bond acceptors (Lipinski definition) is 7. The van der Waals surface area contributed by atoms with E-state index >= 15 is 0 Å². The smallest absolute Gasteiger partial charge is 0.320 e. The number of benzene rings is 2. The number of aromatic nitrogens is 2. The molecular weight excluding hydrogens is 398 g/mol. The molecule has 1 aromatic heterocycles. The van der Waals surface area contributed by atoms with Crippen LogP contribution in [0.5, 0.6) is 0 Å². The molecule has 0 saturated carbocycles. The van der Waals surface area contributed by atoms with Gasteiger partial charge in [-0.2, -0.15) is 5.10 Å². The fraction of sp³-hybridized carbons (Fsp3) is 0.111. The number of non-ortho nitro benzene ring substituents is 1. The van der Waals surface area contributed by atoms with Gasteiger partial charge in [-0.1, -0.05) is 29.5 Å². The first-order valence-electron chi connectivity index (χ1n) is 8.26. The number of nitro benzene ring substituents is 1. The van der Waals surface area contributed by atoms with Crippen molar-refractivity contribution in [3.05, 3.63) is 80.1 Å². The van der Waals surface area contributed by atoms with E-state index < -0.39 is 21.4 Å². The molecule has 0 aliphatic carbocycles. The molecule has 0 aliphatic heterocycles. The van der Waals surface area contributed by atoms with E-state index in [0.717, 1.165) is 21.3 Å². The first-order valence-corrected chi connectivity index (χ1v) is 9.08. The summed E-state index contributed by atoms with van der Waals surface area (Å²) in [6, 6.07) is 11.8. The van der Waals surface area contributed by atoms with Gasteiger partial charge in [0.2, 0.25) is 5.69 Å². The Morgan fingerprint density at radius 1 is 1.07 bits per heavy atom. The molecule has 1 amide bonds. The topological polar surface area (TPSA) is 133 Å². The van der Waals surface area contributed by atoms with Crippen molar-refractivity contribution in [1.29, 1.82) is 0 Å². The average molecular weight is 413 g/mol. The minimum atomic E-state index is -0.788. The SMILES string of the molecule is Cc1ccc(Sc2cc(NC(=O)c3c([N+](=O)[O-])cnn3C)cc([N+](=O)[O-])c2)cc1. The number of nitrogens with zero attached hydrogens (tertiary/aromatic N) is 4. The van der Waals surface area contributed by atoms with Crippen LogP contribution in [0, 0.1) is 27.2 Å². The molecule has 3 rings (SSSR count). The number of carbonyl (C=O) groups is 1.